The van der Waals surface area contributed by atoms with E-state index in [0.717, 1.165) is 11.7 Å². The van der Waals surface area contributed by atoms with E-state index in [1.165, 1.54) is 20.8 Å². The van der Waals surface area contributed by atoms with Crippen molar-refractivity contribution in [2.45, 2.75) is 19.8 Å². The fourth-order valence-corrected chi connectivity index (χ4v) is 1.95. The number of ketones is 1. The second-order valence-electron chi connectivity index (χ2n) is 1.99. The van der Waals surface area contributed by atoms with Crippen molar-refractivity contribution in [1.82, 2.24) is 0 Å². The molecule has 1 heterocycles. The maximum absolute atomic E-state index is 10.6. The van der Waals surface area contributed by atoms with Crippen molar-refractivity contribution >= 4 is 19.3 Å². The Morgan fingerprint density at radius 2 is 2.50 bits per heavy atom. The molecule has 1 nitrogen and oxygen atoms in total. The lowest BCUT2D eigenvalue weighted by Gasteiger charge is -1.87. The molecule has 1 rings (SSSR count). The lowest BCUT2D eigenvalue weighted by atomic mass is 10.2. The summed E-state index contributed by atoms with van der Waals surface area (Å²) in [6.45, 7) is 1.66. The SMILES string of the molecule is CC(=O)C1=PCCC1. The second-order valence-corrected chi connectivity index (χ2v) is 3.29. The van der Waals surface area contributed by atoms with E-state index in [2.05, 4.69) is 0 Å². The summed E-state index contributed by atoms with van der Waals surface area (Å²) < 4.78 is 0. The molecule has 0 aromatic heterocycles. The number of hydrogen-bond donors (Lipinski definition) is 0. The van der Waals surface area contributed by atoms with E-state index in [9.17, 15) is 4.79 Å². The zero-order chi connectivity index (χ0) is 5.98. The van der Waals surface area contributed by atoms with Gasteiger partial charge in [0.2, 0.25) is 0 Å². The van der Waals surface area contributed by atoms with E-state index < -0.39 is 0 Å². The van der Waals surface area contributed by atoms with E-state index in [1.54, 1.807) is 6.92 Å². The van der Waals surface area contributed by atoms with E-state index in [0.29, 0.717) is 5.78 Å². The molecular formula is C6H9OP. The summed E-state index contributed by atoms with van der Waals surface area (Å²) in [7, 11) is 1.28. The van der Waals surface area contributed by atoms with E-state index in [-0.39, 0.29) is 0 Å². The Morgan fingerprint density at radius 3 is 2.75 bits per heavy atom. The van der Waals surface area contributed by atoms with Crippen molar-refractivity contribution in [2.24, 2.45) is 0 Å². The van der Waals surface area contributed by atoms with Crippen molar-refractivity contribution in [3.05, 3.63) is 0 Å². The van der Waals surface area contributed by atoms with Gasteiger partial charge in [-0.05, 0) is 25.9 Å². The Morgan fingerprint density at radius 1 is 1.75 bits per heavy atom. The molecule has 0 amide bonds. The molecule has 44 valence electrons. The standard InChI is InChI=1S/C6H9OP/c1-5(7)6-3-2-4-8-6/h2-4H2,1H3. The van der Waals surface area contributed by atoms with Crippen LogP contribution in [-0.4, -0.2) is 17.2 Å². The molecule has 1 aliphatic rings. The molecule has 8 heavy (non-hydrogen) atoms. The average Bonchev–Trinajstić information content (AvgIpc) is 2.12. The summed E-state index contributed by atoms with van der Waals surface area (Å²) in [5, 5.41) is 1.13. The molecule has 0 bridgehead atoms. The molecule has 0 aliphatic carbocycles. The molecular weight excluding hydrogens is 119 g/mol. The van der Waals surface area contributed by atoms with Crippen LogP contribution < -0.4 is 0 Å². The van der Waals surface area contributed by atoms with Crippen LogP contribution in [0.5, 0.6) is 0 Å². The van der Waals surface area contributed by atoms with Crippen molar-refractivity contribution in [1.29, 1.82) is 0 Å². The Kier molecular flexibility index (Phi) is 1.80. The highest BCUT2D eigenvalue weighted by molar-refractivity contribution is 7.44. The van der Waals surface area contributed by atoms with Gasteiger partial charge < -0.3 is 0 Å². The van der Waals surface area contributed by atoms with Crippen LogP contribution in [-0.2, 0) is 4.79 Å². The van der Waals surface area contributed by atoms with Crippen LogP contribution in [0.3, 0.4) is 0 Å². The fourth-order valence-electron chi connectivity index (χ4n) is 0.827. The van der Waals surface area contributed by atoms with Crippen LogP contribution >= 0.6 is 8.20 Å². The maximum Gasteiger partial charge on any atom is 0.159 e. The van der Waals surface area contributed by atoms with Crippen molar-refractivity contribution in [3.8, 4) is 0 Å². The molecule has 1 aliphatic heterocycles. The zero-order valence-corrected chi connectivity index (χ0v) is 5.87. The Balaban J connectivity index is 2.57. The monoisotopic (exact) mass is 128 g/mol. The zero-order valence-electron chi connectivity index (χ0n) is 4.98. The minimum Gasteiger partial charge on any atom is -0.294 e. The summed E-state index contributed by atoms with van der Waals surface area (Å²) in [6, 6.07) is 0. The topological polar surface area (TPSA) is 17.1 Å². The lowest BCUT2D eigenvalue weighted by molar-refractivity contribution is -0.111. The number of carbonyl (C=O) groups is 1. The van der Waals surface area contributed by atoms with Crippen molar-refractivity contribution < 1.29 is 4.79 Å². The Bertz CT molecular complexity index is 137. The fraction of sp³-hybridized carbons (Fsp3) is 0.667. The smallest absolute Gasteiger partial charge is 0.159 e. The van der Waals surface area contributed by atoms with Crippen LogP contribution in [0.1, 0.15) is 19.8 Å². The highest BCUT2D eigenvalue weighted by atomic mass is 31.1. The van der Waals surface area contributed by atoms with E-state index in [4.69, 9.17) is 0 Å². The normalized spacial score (nSPS) is 20.4. The predicted octanol–water partition coefficient (Wildman–Crippen LogP) is 1.49. The van der Waals surface area contributed by atoms with Gasteiger partial charge in [-0.25, -0.2) is 0 Å². The highest BCUT2D eigenvalue weighted by Gasteiger charge is 2.07. The molecule has 0 atom stereocenters. The van der Waals surface area contributed by atoms with Gasteiger partial charge in [0.15, 0.2) is 5.78 Å². The number of rotatable bonds is 1. The quantitative estimate of drug-likeness (QED) is 0.489. The van der Waals surface area contributed by atoms with Crippen molar-refractivity contribution in [2.75, 3.05) is 6.16 Å². The van der Waals surface area contributed by atoms with Gasteiger partial charge in [-0.1, -0.05) is 8.20 Å². The predicted molar refractivity (Wildman–Crippen MR) is 36.7 cm³/mol. The van der Waals surface area contributed by atoms with Crippen molar-refractivity contribution in [3.63, 3.8) is 0 Å². The summed E-state index contributed by atoms with van der Waals surface area (Å²) in [4.78, 5) is 10.6. The van der Waals surface area contributed by atoms with Crippen LogP contribution in [0.15, 0.2) is 0 Å². The molecule has 0 radical (unpaired) electrons. The highest BCUT2D eigenvalue weighted by Crippen LogP contribution is 2.16. The summed E-state index contributed by atoms with van der Waals surface area (Å²) in [5.74, 6) is 0.296. The van der Waals surface area contributed by atoms with Crippen LogP contribution in [0.4, 0.5) is 0 Å². The van der Waals surface area contributed by atoms with Crippen LogP contribution in [0.2, 0.25) is 0 Å². The second kappa shape index (κ2) is 2.41. The number of carbonyl (C=O) groups excluding carboxylic acids is 1. The van der Waals surface area contributed by atoms with Gasteiger partial charge in [0.25, 0.3) is 0 Å². The first-order valence-electron chi connectivity index (χ1n) is 2.85. The Labute approximate surface area is 50.9 Å². The van der Waals surface area contributed by atoms with Gasteiger partial charge in [0, 0.05) is 5.29 Å². The largest absolute Gasteiger partial charge is 0.294 e. The average molecular weight is 128 g/mol. The van der Waals surface area contributed by atoms with Gasteiger partial charge in [-0.15, -0.1) is 0 Å². The molecule has 0 saturated carbocycles. The summed E-state index contributed by atoms with van der Waals surface area (Å²) >= 11 is 0. The third-order valence-electron chi connectivity index (χ3n) is 1.28. The van der Waals surface area contributed by atoms with E-state index >= 15 is 0 Å². The third kappa shape index (κ3) is 1.16. The minimum absolute atomic E-state index is 0.296. The molecule has 2 heteroatoms. The van der Waals surface area contributed by atoms with Crippen LogP contribution in [0.25, 0.3) is 0 Å². The molecule has 0 unspecified atom stereocenters. The molecule has 0 spiro atoms. The molecule has 0 N–H and O–H groups in total. The van der Waals surface area contributed by atoms with Gasteiger partial charge in [0.1, 0.15) is 0 Å². The maximum atomic E-state index is 10.6. The molecule has 0 aromatic carbocycles. The number of Topliss-reactive ketones (excluding diaryl/α,β-unsaturated/α-hetero) is 1. The summed E-state index contributed by atoms with van der Waals surface area (Å²) in [6.07, 6.45) is 3.47. The third-order valence-corrected chi connectivity index (χ3v) is 2.74. The van der Waals surface area contributed by atoms with E-state index in [1.807, 2.05) is 0 Å². The van der Waals surface area contributed by atoms with Gasteiger partial charge in [0.05, 0.1) is 0 Å². The lowest BCUT2D eigenvalue weighted by Crippen LogP contribution is -2.02. The first kappa shape index (κ1) is 5.97. The number of hydrogen-bond acceptors (Lipinski definition) is 1. The molecule has 0 saturated heterocycles. The summed E-state index contributed by atoms with van der Waals surface area (Å²) in [5.41, 5.74) is 0. The molecule has 0 aromatic rings. The molecule has 0 fully saturated rings. The van der Waals surface area contributed by atoms with Gasteiger partial charge >= 0.3 is 0 Å². The first-order valence-corrected chi connectivity index (χ1v) is 3.93. The van der Waals surface area contributed by atoms with Gasteiger partial charge in [-0.2, -0.15) is 0 Å². The minimum atomic E-state index is 0.296. The van der Waals surface area contributed by atoms with Gasteiger partial charge in [-0.3, -0.25) is 4.79 Å². The first-order chi connectivity index (χ1) is 3.80. The Hall–Kier alpha value is -0.160. The van der Waals surface area contributed by atoms with Crippen LogP contribution in [0, 0.1) is 0 Å².